The number of fused-ring (bicyclic) bond motifs is 1. The molecule has 0 aliphatic heterocycles. The maximum atomic E-state index is 13.6. The predicted octanol–water partition coefficient (Wildman–Crippen LogP) is 3.94. The number of methoxy groups -OCH3 is 1. The lowest BCUT2D eigenvalue weighted by molar-refractivity contribution is 0.163. The van der Waals surface area contributed by atoms with Crippen LogP contribution in [-0.4, -0.2) is 50.4 Å². The van der Waals surface area contributed by atoms with E-state index in [0.29, 0.717) is 44.2 Å². The molecule has 196 valence electrons. The van der Waals surface area contributed by atoms with Gasteiger partial charge in [-0.3, -0.25) is 9.69 Å². The number of hydrogen-bond acceptors (Lipinski definition) is 8. The monoisotopic (exact) mass is 514 g/mol. The zero-order chi connectivity index (χ0) is 26.3. The lowest BCUT2D eigenvalue weighted by atomic mass is 10.0. The van der Waals surface area contributed by atoms with E-state index in [0.717, 1.165) is 28.0 Å². The van der Waals surface area contributed by atoms with Crippen molar-refractivity contribution >= 4 is 10.9 Å². The number of benzene rings is 2. The molecule has 0 spiro atoms. The van der Waals surface area contributed by atoms with E-state index in [-0.39, 0.29) is 5.56 Å². The van der Waals surface area contributed by atoms with Gasteiger partial charge in [0.1, 0.15) is 17.6 Å². The quantitative estimate of drug-likeness (QED) is 0.267. The van der Waals surface area contributed by atoms with Gasteiger partial charge in [0.2, 0.25) is 0 Å². The third-order valence-corrected chi connectivity index (χ3v) is 6.29. The Morgan fingerprint density at radius 1 is 1.08 bits per heavy atom. The van der Waals surface area contributed by atoms with Crippen LogP contribution in [0.5, 0.6) is 5.75 Å². The second-order valence-corrected chi connectivity index (χ2v) is 8.86. The molecule has 5 rings (SSSR count). The van der Waals surface area contributed by atoms with E-state index in [1.165, 1.54) is 0 Å². The SMILES string of the molecule is CCOc1ccc2[nH]c(=O)c(C(c3nnnn3CCOC)N(Cc3ccccc3)Cc3ccco3)cc2c1. The first-order valence-electron chi connectivity index (χ1n) is 12.5. The fourth-order valence-corrected chi connectivity index (χ4v) is 4.56. The van der Waals surface area contributed by atoms with Crippen molar-refractivity contribution in [2.24, 2.45) is 0 Å². The van der Waals surface area contributed by atoms with Crippen LogP contribution < -0.4 is 10.3 Å². The first-order chi connectivity index (χ1) is 18.7. The normalized spacial score (nSPS) is 12.3. The molecule has 0 fully saturated rings. The number of nitrogens with zero attached hydrogens (tertiary/aromatic N) is 5. The average molecular weight is 515 g/mol. The van der Waals surface area contributed by atoms with Crippen LogP contribution in [0.25, 0.3) is 10.9 Å². The maximum absolute atomic E-state index is 13.6. The van der Waals surface area contributed by atoms with Crippen LogP contribution in [-0.2, 0) is 24.4 Å². The highest BCUT2D eigenvalue weighted by molar-refractivity contribution is 5.80. The number of aromatic amines is 1. The molecule has 1 N–H and O–H groups in total. The first kappa shape index (κ1) is 25.4. The van der Waals surface area contributed by atoms with Crippen LogP contribution in [0.3, 0.4) is 0 Å². The Hall–Kier alpha value is -4.28. The minimum atomic E-state index is -0.587. The highest BCUT2D eigenvalue weighted by atomic mass is 16.5. The van der Waals surface area contributed by atoms with Gasteiger partial charge >= 0.3 is 0 Å². The van der Waals surface area contributed by atoms with E-state index in [4.69, 9.17) is 13.9 Å². The standard InChI is InChI=1S/C28H30N6O4/c1-3-37-22-11-12-25-21(16-22)17-24(28(35)29-25)26(27-30-31-32-34(27)13-15-36-2)33(19-23-10-7-14-38-23)18-20-8-5-4-6-9-20/h4-12,14,16-17,26H,3,13,15,18-19H2,1-2H3,(H,29,35). The van der Waals surface area contributed by atoms with Crippen LogP contribution >= 0.6 is 0 Å². The molecule has 3 heterocycles. The van der Waals surface area contributed by atoms with Crippen molar-refractivity contribution in [1.82, 2.24) is 30.1 Å². The molecule has 10 heteroatoms. The minimum Gasteiger partial charge on any atom is -0.494 e. The van der Waals surface area contributed by atoms with E-state index >= 15 is 0 Å². The molecular formula is C28H30N6O4. The van der Waals surface area contributed by atoms with Crippen molar-refractivity contribution in [3.05, 3.63) is 106 Å². The van der Waals surface area contributed by atoms with Gasteiger partial charge in [-0.25, -0.2) is 4.68 Å². The predicted molar refractivity (Wildman–Crippen MR) is 142 cm³/mol. The van der Waals surface area contributed by atoms with Crippen molar-refractivity contribution in [2.45, 2.75) is 32.6 Å². The van der Waals surface area contributed by atoms with Gasteiger partial charge in [-0.05, 0) is 59.3 Å². The molecule has 0 aliphatic rings. The highest BCUT2D eigenvalue weighted by Crippen LogP contribution is 2.31. The van der Waals surface area contributed by atoms with E-state index in [9.17, 15) is 4.79 Å². The van der Waals surface area contributed by atoms with Crippen molar-refractivity contribution in [2.75, 3.05) is 20.3 Å². The number of H-pyrrole nitrogens is 1. The molecular weight excluding hydrogens is 484 g/mol. The number of nitrogens with one attached hydrogen (secondary N) is 1. The van der Waals surface area contributed by atoms with Gasteiger partial charge in [-0.15, -0.1) is 5.10 Å². The lowest BCUT2D eigenvalue weighted by Crippen LogP contribution is -2.35. The Bertz CT molecular complexity index is 1510. The summed E-state index contributed by atoms with van der Waals surface area (Å²) in [7, 11) is 1.63. The zero-order valence-corrected chi connectivity index (χ0v) is 21.4. The maximum Gasteiger partial charge on any atom is 0.253 e. The molecule has 0 aliphatic carbocycles. The third kappa shape index (κ3) is 5.66. The van der Waals surface area contributed by atoms with Gasteiger partial charge in [0, 0.05) is 30.1 Å². The van der Waals surface area contributed by atoms with Crippen LogP contribution in [0.15, 0.2) is 82.2 Å². The fourth-order valence-electron chi connectivity index (χ4n) is 4.56. The first-order valence-corrected chi connectivity index (χ1v) is 12.5. The molecule has 38 heavy (non-hydrogen) atoms. The number of furan rings is 1. The molecule has 3 aromatic heterocycles. The van der Waals surface area contributed by atoms with Crippen molar-refractivity contribution in [3.8, 4) is 5.75 Å². The topological polar surface area (TPSA) is 111 Å². The van der Waals surface area contributed by atoms with Crippen LogP contribution in [0, 0.1) is 0 Å². The Labute approximate surface area is 219 Å². The van der Waals surface area contributed by atoms with Crippen LogP contribution in [0.1, 0.15) is 35.7 Å². The van der Waals surface area contributed by atoms with E-state index < -0.39 is 6.04 Å². The van der Waals surface area contributed by atoms with Gasteiger partial charge in [0.05, 0.1) is 32.6 Å². The van der Waals surface area contributed by atoms with Gasteiger partial charge in [0.15, 0.2) is 5.82 Å². The molecule has 10 nitrogen and oxygen atoms in total. The molecule has 0 amide bonds. The summed E-state index contributed by atoms with van der Waals surface area (Å²) in [5.74, 6) is 2.03. The van der Waals surface area contributed by atoms with E-state index in [1.54, 1.807) is 18.1 Å². The molecule has 1 atom stereocenters. The van der Waals surface area contributed by atoms with Gasteiger partial charge in [0.25, 0.3) is 5.56 Å². The number of rotatable bonds is 12. The highest BCUT2D eigenvalue weighted by Gasteiger charge is 2.31. The van der Waals surface area contributed by atoms with Gasteiger partial charge < -0.3 is 18.9 Å². The summed E-state index contributed by atoms with van der Waals surface area (Å²) >= 11 is 0. The average Bonchev–Trinajstić information content (AvgIpc) is 3.61. The molecule has 2 aromatic carbocycles. The Kier molecular flexibility index (Phi) is 7.91. The van der Waals surface area contributed by atoms with E-state index in [1.807, 2.05) is 61.5 Å². The Morgan fingerprint density at radius 3 is 2.71 bits per heavy atom. The fraction of sp³-hybridized carbons (Fsp3) is 0.286. The van der Waals surface area contributed by atoms with Crippen LogP contribution in [0.2, 0.25) is 0 Å². The summed E-state index contributed by atoms with van der Waals surface area (Å²) < 4.78 is 18.4. The minimum absolute atomic E-state index is 0.217. The summed E-state index contributed by atoms with van der Waals surface area (Å²) in [4.78, 5) is 18.8. The Balaban J connectivity index is 1.67. The molecule has 1 unspecified atom stereocenters. The summed E-state index contributed by atoms with van der Waals surface area (Å²) in [6.07, 6.45) is 1.64. The largest absolute Gasteiger partial charge is 0.494 e. The smallest absolute Gasteiger partial charge is 0.253 e. The number of tetrazole rings is 1. The molecule has 5 aromatic rings. The second-order valence-electron chi connectivity index (χ2n) is 8.86. The number of pyridine rings is 1. The van der Waals surface area contributed by atoms with Gasteiger partial charge in [-0.1, -0.05) is 30.3 Å². The molecule has 0 saturated carbocycles. The number of ether oxygens (including phenoxy) is 2. The summed E-state index contributed by atoms with van der Waals surface area (Å²) in [5, 5.41) is 13.4. The molecule has 0 radical (unpaired) electrons. The lowest BCUT2D eigenvalue weighted by Gasteiger charge is -2.30. The van der Waals surface area contributed by atoms with Crippen LogP contribution in [0.4, 0.5) is 0 Å². The Morgan fingerprint density at radius 2 is 1.95 bits per heavy atom. The molecule has 0 bridgehead atoms. The summed E-state index contributed by atoms with van der Waals surface area (Å²) in [6.45, 7) is 4.31. The van der Waals surface area contributed by atoms with E-state index in [2.05, 4.69) is 37.5 Å². The van der Waals surface area contributed by atoms with Crippen molar-refractivity contribution < 1.29 is 13.9 Å². The summed E-state index contributed by atoms with van der Waals surface area (Å²) in [6, 6.07) is 20.8. The van der Waals surface area contributed by atoms with Crippen molar-refractivity contribution in [3.63, 3.8) is 0 Å². The zero-order valence-electron chi connectivity index (χ0n) is 21.4. The second kappa shape index (κ2) is 11.8. The number of aromatic nitrogens is 5. The summed E-state index contributed by atoms with van der Waals surface area (Å²) in [5.41, 5.74) is 2.10. The number of hydrogen-bond donors (Lipinski definition) is 1. The van der Waals surface area contributed by atoms with Crippen molar-refractivity contribution in [1.29, 1.82) is 0 Å². The third-order valence-electron chi connectivity index (χ3n) is 6.29. The van der Waals surface area contributed by atoms with Gasteiger partial charge in [-0.2, -0.15) is 0 Å². The molecule has 0 saturated heterocycles.